The molecule has 2 N–H and O–H groups in total. The van der Waals surface area contributed by atoms with Gasteiger partial charge in [-0.1, -0.05) is 36.4 Å². The zero-order valence-electron chi connectivity index (χ0n) is 19.5. The van der Waals surface area contributed by atoms with Crippen LogP contribution in [-0.4, -0.2) is 32.4 Å². The van der Waals surface area contributed by atoms with Gasteiger partial charge in [0.25, 0.3) is 15.9 Å². The molecule has 4 fully saturated rings. The average Bonchev–Trinajstić information content (AvgIpc) is 2.81. The van der Waals surface area contributed by atoms with Crippen LogP contribution in [-0.2, 0) is 19.6 Å². The molecule has 7 nitrogen and oxygen atoms in total. The maximum Gasteiger partial charge on any atom is 0.338 e. The van der Waals surface area contributed by atoms with Gasteiger partial charge in [0.1, 0.15) is 0 Å². The van der Waals surface area contributed by atoms with Gasteiger partial charge in [0.2, 0.25) is 0 Å². The number of carbonyl (C=O) groups excluding carboxylic acids is 2. The van der Waals surface area contributed by atoms with Crippen LogP contribution in [0.15, 0.2) is 60.0 Å². The first kappa shape index (κ1) is 23.6. The third kappa shape index (κ3) is 5.75. The van der Waals surface area contributed by atoms with Gasteiger partial charge >= 0.3 is 5.97 Å². The van der Waals surface area contributed by atoms with Crippen LogP contribution in [0, 0.1) is 17.8 Å². The fraction of sp³-hybridized carbons (Fsp3) is 0.407. The highest BCUT2D eigenvalue weighted by Gasteiger charge is 2.51. The van der Waals surface area contributed by atoms with E-state index in [0.29, 0.717) is 17.8 Å². The van der Waals surface area contributed by atoms with E-state index in [1.165, 1.54) is 37.5 Å². The molecule has 0 saturated heterocycles. The number of hydrogen-bond acceptors (Lipinski definition) is 5. The third-order valence-electron chi connectivity index (χ3n) is 7.37. The van der Waals surface area contributed by atoms with Crippen LogP contribution in [0.4, 0.5) is 5.69 Å². The lowest BCUT2D eigenvalue weighted by Gasteiger charge is -2.56. The van der Waals surface area contributed by atoms with E-state index < -0.39 is 16.0 Å². The van der Waals surface area contributed by atoms with Crippen molar-refractivity contribution < 1.29 is 22.7 Å². The molecule has 0 heterocycles. The topological polar surface area (TPSA) is 102 Å². The third-order valence-corrected chi connectivity index (χ3v) is 8.39. The summed E-state index contributed by atoms with van der Waals surface area (Å²) in [5.74, 6) is 1.17. The van der Waals surface area contributed by atoms with Crippen molar-refractivity contribution in [3.05, 3.63) is 71.1 Å². The molecule has 0 atom stereocenters. The SMILES string of the molecule is O=C(COC(=O)c1cccc(NS(=O)(=O)C=Cc2ccccc2)c1)NC12CC3CC(CC(C3)C1)C2. The minimum absolute atomic E-state index is 0.135. The Morgan fingerprint density at radius 2 is 1.60 bits per heavy atom. The molecular weight excluding hydrogens is 464 g/mol. The Hall–Kier alpha value is -3.13. The molecule has 4 aliphatic carbocycles. The molecule has 0 aromatic heterocycles. The van der Waals surface area contributed by atoms with Crippen molar-refractivity contribution in [2.45, 2.75) is 44.1 Å². The summed E-state index contributed by atoms with van der Waals surface area (Å²) in [6, 6.07) is 15.1. The Balaban J connectivity index is 1.15. The summed E-state index contributed by atoms with van der Waals surface area (Å²) in [6.45, 7) is -0.351. The zero-order valence-corrected chi connectivity index (χ0v) is 20.3. The highest BCUT2D eigenvalue weighted by Crippen LogP contribution is 2.55. The van der Waals surface area contributed by atoms with Gasteiger partial charge in [-0.3, -0.25) is 9.52 Å². The van der Waals surface area contributed by atoms with Gasteiger partial charge in [0.15, 0.2) is 6.61 Å². The number of hydrogen-bond donors (Lipinski definition) is 2. The molecule has 0 unspecified atom stereocenters. The molecule has 0 radical (unpaired) electrons. The van der Waals surface area contributed by atoms with Crippen molar-refractivity contribution in [3.8, 4) is 0 Å². The Labute approximate surface area is 206 Å². The van der Waals surface area contributed by atoms with Crippen LogP contribution >= 0.6 is 0 Å². The average molecular weight is 495 g/mol. The number of amides is 1. The normalized spacial score (nSPS) is 27.0. The van der Waals surface area contributed by atoms with Crippen molar-refractivity contribution in [2.75, 3.05) is 11.3 Å². The van der Waals surface area contributed by atoms with E-state index in [-0.39, 0.29) is 29.3 Å². The van der Waals surface area contributed by atoms with Gasteiger partial charge in [-0.25, -0.2) is 13.2 Å². The van der Waals surface area contributed by atoms with Crippen molar-refractivity contribution in [1.29, 1.82) is 0 Å². The molecule has 4 bridgehead atoms. The van der Waals surface area contributed by atoms with E-state index >= 15 is 0 Å². The molecule has 6 rings (SSSR count). The summed E-state index contributed by atoms with van der Waals surface area (Å²) in [5, 5.41) is 4.26. The Morgan fingerprint density at radius 3 is 2.26 bits per heavy atom. The fourth-order valence-corrected chi connectivity index (χ4v) is 7.31. The molecule has 184 valence electrons. The van der Waals surface area contributed by atoms with Gasteiger partial charge in [0, 0.05) is 11.2 Å². The maximum atomic E-state index is 12.6. The molecule has 0 aliphatic heterocycles. The molecule has 2 aromatic rings. The molecule has 1 amide bonds. The number of anilines is 1. The predicted molar refractivity (Wildman–Crippen MR) is 134 cm³/mol. The highest BCUT2D eigenvalue weighted by atomic mass is 32.2. The summed E-state index contributed by atoms with van der Waals surface area (Å²) in [6.07, 6.45) is 8.42. The first-order valence-corrected chi connectivity index (χ1v) is 13.7. The summed E-state index contributed by atoms with van der Waals surface area (Å²) in [5.41, 5.74) is 1.01. The van der Waals surface area contributed by atoms with E-state index in [1.807, 2.05) is 18.2 Å². The minimum atomic E-state index is -3.77. The van der Waals surface area contributed by atoms with E-state index in [2.05, 4.69) is 10.0 Å². The van der Waals surface area contributed by atoms with E-state index in [9.17, 15) is 18.0 Å². The number of rotatable bonds is 8. The lowest BCUT2D eigenvalue weighted by Crippen LogP contribution is -2.60. The first-order valence-electron chi connectivity index (χ1n) is 12.1. The predicted octanol–water partition coefficient (Wildman–Crippen LogP) is 4.34. The van der Waals surface area contributed by atoms with Crippen molar-refractivity contribution in [2.24, 2.45) is 17.8 Å². The van der Waals surface area contributed by atoms with Gasteiger partial charge in [-0.15, -0.1) is 0 Å². The molecular formula is C27H30N2O5S. The number of ether oxygens (including phenoxy) is 1. The van der Waals surface area contributed by atoms with Crippen LogP contribution < -0.4 is 10.0 Å². The quantitative estimate of drug-likeness (QED) is 0.532. The van der Waals surface area contributed by atoms with Gasteiger partial charge in [-0.05, 0) is 86.1 Å². The molecule has 2 aromatic carbocycles. The van der Waals surface area contributed by atoms with Crippen molar-refractivity contribution in [1.82, 2.24) is 5.32 Å². The number of benzene rings is 2. The fourth-order valence-electron chi connectivity index (χ4n) is 6.45. The van der Waals surface area contributed by atoms with Crippen LogP contribution in [0.1, 0.15) is 54.4 Å². The summed E-state index contributed by atoms with van der Waals surface area (Å²) < 4.78 is 32.5. The van der Waals surface area contributed by atoms with Crippen LogP contribution in [0.25, 0.3) is 6.08 Å². The van der Waals surface area contributed by atoms with Crippen molar-refractivity contribution in [3.63, 3.8) is 0 Å². The molecule has 35 heavy (non-hydrogen) atoms. The second-order valence-electron chi connectivity index (χ2n) is 10.3. The van der Waals surface area contributed by atoms with E-state index in [0.717, 1.165) is 30.2 Å². The number of sulfonamides is 1. The molecule has 4 aliphatic rings. The monoisotopic (exact) mass is 494 g/mol. The zero-order chi connectivity index (χ0) is 24.5. The number of esters is 1. The number of carbonyl (C=O) groups is 2. The highest BCUT2D eigenvalue weighted by molar-refractivity contribution is 7.95. The minimum Gasteiger partial charge on any atom is -0.452 e. The summed E-state index contributed by atoms with van der Waals surface area (Å²) >= 11 is 0. The standard InChI is InChI=1S/C27H30N2O5S/c30-25(28-27-15-20-11-21(16-27)13-22(12-20)17-27)18-34-26(31)23-7-4-8-24(14-23)29-35(32,33)10-9-19-5-2-1-3-6-19/h1-10,14,20-22,29H,11-13,15-18H2,(H,28,30). The Kier molecular flexibility index (Phi) is 6.40. The molecule has 0 spiro atoms. The summed E-state index contributed by atoms with van der Waals surface area (Å²) in [7, 11) is -3.77. The van der Waals surface area contributed by atoms with Gasteiger partial charge in [-0.2, -0.15) is 0 Å². The van der Waals surface area contributed by atoms with Crippen molar-refractivity contribution >= 4 is 33.7 Å². The van der Waals surface area contributed by atoms with Gasteiger partial charge in [0.05, 0.1) is 11.0 Å². The second kappa shape index (κ2) is 9.49. The maximum absolute atomic E-state index is 12.6. The van der Waals surface area contributed by atoms with E-state index in [1.54, 1.807) is 24.3 Å². The lowest BCUT2D eigenvalue weighted by atomic mass is 9.53. The summed E-state index contributed by atoms with van der Waals surface area (Å²) in [4.78, 5) is 25.2. The smallest absolute Gasteiger partial charge is 0.338 e. The second-order valence-corrected chi connectivity index (χ2v) is 11.8. The Bertz CT molecular complexity index is 1200. The number of nitrogens with one attached hydrogen (secondary N) is 2. The van der Waals surface area contributed by atoms with E-state index in [4.69, 9.17) is 4.74 Å². The van der Waals surface area contributed by atoms with Crippen LogP contribution in [0.3, 0.4) is 0 Å². The Morgan fingerprint density at radius 1 is 0.943 bits per heavy atom. The largest absolute Gasteiger partial charge is 0.452 e. The first-order chi connectivity index (χ1) is 16.8. The van der Waals surface area contributed by atoms with Crippen LogP contribution in [0.5, 0.6) is 0 Å². The van der Waals surface area contributed by atoms with Gasteiger partial charge < -0.3 is 10.1 Å². The van der Waals surface area contributed by atoms with Crippen LogP contribution in [0.2, 0.25) is 0 Å². The molecule has 8 heteroatoms. The molecule has 4 saturated carbocycles. The lowest BCUT2D eigenvalue weighted by molar-refractivity contribution is -0.130.